The monoisotopic (exact) mass is 608 g/mol. The summed E-state index contributed by atoms with van der Waals surface area (Å²) in [4.78, 5) is 23.8. The summed E-state index contributed by atoms with van der Waals surface area (Å²) >= 11 is 1.57. The van der Waals surface area contributed by atoms with Crippen molar-refractivity contribution in [1.29, 1.82) is 0 Å². The molecule has 0 saturated carbocycles. The van der Waals surface area contributed by atoms with Gasteiger partial charge in [0.25, 0.3) is 0 Å². The molecule has 4 aromatic rings. The second kappa shape index (κ2) is 12.5. The van der Waals surface area contributed by atoms with Crippen LogP contribution in [0.2, 0.25) is 0 Å². The highest BCUT2D eigenvalue weighted by Crippen LogP contribution is 2.35. The van der Waals surface area contributed by atoms with Crippen LogP contribution in [0.3, 0.4) is 0 Å². The molecule has 0 radical (unpaired) electrons. The predicted octanol–water partition coefficient (Wildman–Crippen LogP) is 7.64. The van der Waals surface area contributed by atoms with Crippen molar-refractivity contribution in [3.63, 3.8) is 0 Å². The molecule has 0 aliphatic carbocycles. The number of hydrogen-bond donors (Lipinski definition) is 1. The van der Waals surface area contributed by atoms with E-state index in [-0.39, 0.29) is 11.8 Å². The highest BCUT2D eigenvalue weighted by molar-refractivity contribution is 8.14. The van der Waals surface area contributed by atoms with Crippen LogP contribution >= 0.6 is 11.8 Å². The summed E-state index contributed by atoms with van der Waals surface area (Å²) in [5, 5.41) is 8.09. The first-order valence-electron chi connectivity index (χ1n) is 13.8. The summed E-state index contributed by atoms with van der Waals surface area (Å²) in [6, 6.07) is 18.4. The maximum Gasteiger partial charge on any atom is 0.573 e. The number of halogens is 3. The molecule has 1 saturated heterocycles. The van der Waals surface area contributed by atoms with E-state index >= 15 is 0 Å². The standard InChI is InChI=1S/C31H31F3N6O2S/c1-19(2)27-20(3)6-5-7-26(27)39-16-17-43-30(39)37-29(41)36-21(4)22-8-10-23(11-9-22)28-35-18-40(38-28)24-12-14-25(15-13-24)42-31(32,33)34/h5-15,18-19,21H,16-17H2,1-4H3,(H,36,41). The first-order valence-corrected chi connectivity index (χ1v) is 14.7. The van der Waals surface area contributed by atoms with E-state index in [1.54, 1.807) is 11.8 Å². The zero-order valence-electron chi connectivity index (χ0n) is 24.1. The molecule has 0 bridgehead atoms. The van der Waals surface area contributed by atoms with Crippen LogP contribution < -0.4 is 15.0 Å². The fourth-order valence-corrected chi connectivity index (χ4v) is 5.95. The van der Waals surface area contributed by atoms with E-state index < -0.39 is 12.4 Å². The van der Waals surface area contributed by atoms with Crippen molar-refractivity contribution in [2.24, 2.45) is 4.99 Å². The molecule has 1 unspecified atom stereocenters. The number of rotatable bonds is 7. The summed E-state index contributed by atoms with van der Waals surface area (Å²) in [6.45, 7) is 9.14. The Labute approximate surface area is 252 Å². The van der Waals surface area contributed by atoms with E-state index in [4.69, 9.17) is 0 Å². The lowest BCUT2D eigenvalue weighted by atomic mass is 9.95. The van der Waals surface area contributed by atoms with Gasteiger partial charge in [0.2, 0.25) is 0 Å². The van der Waals surface area contributed by atoms with Crippen LogP contribution in [0.4, 0.5) is 23.7 Å². The molecule has 1 fully saturated rings. The van der Waals surface area contributed by atoms with Gasteiger partial charge in [-0.15, -0.1) is 18.3 Å². The number of amides is 2. The number of benzene rings is 3. The van der Waals surface area contributed by atoms with Gasteiger partial charge in [-0.05, 0) is 66.8 Å². The Kier molecular flexibility index (Phi) is 8.77. The first kappa shape index (κ1) is 30.1. The minimum atomic E-state index is -4.75. The quantitative estimate of drug-likeness (QED) is 0.232. The van der Waals surface area contributed by atoms with Gasteiger partial charge in [0.1, 0.15) is 12.1 Å². The molecule has 224 valence electrons. The Morgan fingerprint density at radius 1 is 1.05 bits per heavy atom. The van der Waals surface area contributed by atoms with Gasteiger partial charge >= 0.3 is 12.4 Å². The van der Waals surface area contributed by atoms with Crippen LogP contribution in [0.25, 0.3) is 17.1 Å². The SMILES string of the molecule is Cc1cccc(N2CCSC2=NC(=O)NC(C)c2ccc(-c3ncn(-c4ccc(OC(F)(F)F)cc4)n3)cc2)c1C(C)C. The zero-order chi connectivity index (χ0) is 30.7. The van der Waals surface area contributed by atoms with Crippen molar-refractivity contribution in [3.8, 4) is 22.8 Å². The molecule has 2 heterocycles. The van der Waals surface area contributed by atoms with Gasteiger partial charge in [-0.25, -0.2) is 14.5 Å². The number of ether oxygens (including phenoxy) is 1. The predicted molar refractivity (Wildman–Crippen MR) is 163 cm³/mol. The highest BCUT2D eigenvalue weighted by Gasteiger charge is 2.31. The van der Waals surface area contributed by atoms with Crippen LogP contribution in [0.15, 0.2) is 78.0 Å². The summed E-state index contributed by atoms with van der Waals surface area (Å²) in [6.07, 6.45) is -3.27. The number of amidine groups is 1. The Hall–Kier alpha value is -4.32. The Bertz CT molecular complexity index is 1620. The molecule has 1 atom stereocenters. The lowest BCUT2D eigenvalue weighted by molar-refractivity contribution is -0.274. The number of urea groups is 1. The zero-order valence-corrected chi connectivity index (χ0v) is 24.9. The third kappa shape index (κ3) is 7.19. The van der Waals surface area contributed by atoms with Gasteiger partial charge in [-0.3, -0.25) is 0 Å². The average molecular weight is 609 g/mol. The molecular formula is C31H31F3N6O2S. The minimum Gasteiger partial charge on any atom is -0.406 e. The number of alkyl halides is 3. The molecular weight excluding hydrogens is 577 g/mol. The van der Waals surface area contributed by atoms with Crippen LogP contribution in [-0.4, -0.2) is 44.6 Å². The van der Waals surface area contributed by atoms with Crippen molar-refractivity contribution in [2.45, 2.75) is 46.0 Å². The number of hydrogen-bond acceptors (Lipinski definition) is 5. The number of carbonyl (C=O) groups excluding carboxylic acids is 1. The van der Waals surface area contributed by atoms with Crippen LogP contribution in [0, 0.1) is 6.92 Å². The topological polar surface area (TPSA) is 84.6 Å². The fraction of sp³-hybridized carbons (Fsp3) is 0.290. The Morgan fingerprint density at radius 2 is 1.77 bits per heavy atom. The molecule has 1 aliphatic rings. The normalized spacial score (nSPS) is 15.3. The number of nitrogens with one attached hydrogen (secondary N) is 1. The van der Waals surface area contributed by atoms with E-state index in [9.17, 15) is 18.0 Å². The van der Waals surface area contributed by atoms with E-state index in [2.05, 4.69) is 62.9 Å². The van der Waals surface area contributed by atoms with Crippen LogP contribution in [0.1, 0.15) is 49.4 Å². The van der Waals surface area contributed by atoms with E-state index in [1.165, 1.54) is 46.4 Å². The van der Waals surface area contributed by atoms with Crippen molar-refractivity contribution in [3.05, 3.63) is 89.7 Å². The number of anilines is 1. The maximum absolute atomic E-state index is 12.9. The number of thioether (sulfide) groups is 1. The number of aromatic nitrogens is 3. The first-order chi connectivity index (χ1) is 20.5. The van der Waals surface area contributed by atoms with Gasteiger partial charge in [0.15, 0.2) is 11.0 Å². The number of nitrogens with zero attached hydrogens (tertiary/aromatic N) is 5. The molecule has 0 spiro atoms. The molecule has 1 aromatic heterocycles. The average Bonchev–Trinajstić information content (AvgIpc) is 3.62. The molecule has 12 heteroatoms. The van der Waals surface area contributed by atoms with E-state index in [1.807, 2.05) is 37.3 Å². The van der Waals surface area contributed by atoms with E-state index in [0.29, 0.717) is 22.6 Å². The Morgan fingerprint density at radius 3 is 2.44 bits per heavy atom. The van der Waals surface area contributed by atoms with Crippen LogP contribution in [-0.2, 0) is 0 Å². The number of aryl methyl sites for hydroxylation is 1. The van der Waals surface area contributed by atoms with Gasteiger partial charge in [-0.2, -0.15) is 4.99 Å². The van der Waals surface area contributed by atoms with Gasteiger partial charge < -0.3 is 15.0 Å². The Balaban J connectivity index is 1.23. The highest BCUT2D eigenvalue weighted by atomic mass is 32.2. The molecule has 8 nitrogen and oxygen atoms in total. The summed E-state index contributed by atoms with van der Waals surface area (Å²) in [7, 11) is 0. The third-order valence-electron chi connectivity index (χ3n) is 6.98. The van der Waals surface area contributed by atoms with E-state index in [0.717, 1.165) is 29.1 Å². The minimum absolute atomic E-state index is 0.293. The van der Waals surface area contributed by atoms with Crippen molar-refractivity contribution >= 4 is 28.6 Å². The number of carbonyl (C=O) groups is 1. The molecule has 3 aromatic carbocycles. The second-order valence-electron chi connectivity index (χ2n) is 10.4. The number of aliphatic imine (C=N–C) groups is 1. The summed E-state index contributed by atoms with van der Waals surface area (Å²) in [5.41, 5.74) is 5.74. The molecule has 2 amide bonds. The van der Waals surface area contributed by atoms with Gasteiger partial charge in [0, 0.05) is 23.5 Å². The molecule has 1 N–H and O–H groups in total. The lowest BCUT2D eigenvalue weighted by Crippen LogP contribution is -2.29. The van der Waals surface area contributed by atoms with Crippen molar-refractivity contribution < 1.29 is 22.7 Å². The van der Waals surface area contributed by atoms with Gasteiger partial charge in [-0.1, -0.05) is 62.0 Å². The third-order valence-corrected chi connectivity index (χ3v) is 7.94. The largest absolute Gasteiger partial charge is 0.573 e. The van der Waals surface area contributed by atoms with Crippen molar-refractivity contribution in [1.82, 2.24) is 20.1 Å². The summed E-state index contributed by atoms with van der Waals surface area (Å²) in [5.74, 6) is 1.33. The smallest absolute Gasteiger partial charge is 0.406 e. The lowest BCUT2D eigenvalue weighted by Gasteiger charge is -2.24. The van der Waals surface area contributed by atoms with Gasteiger partial charge in [0.05, 0.1) is 11.7 Å². The maximum atomic E-state index is 12.9. The van der Waals surface area contributed by atoms with Crippen LogP contribution in [0.5, 0.6) is 5.75 Å². The fourth-order valence-electron chi connectivity index (χ4n) is 5.00. The molecule has 43 heavy (non-hydrogen) atoms. The summed E-state index contributed by atoms with van der Waals surface area (Å²) < 4.78 is 42.6. The van der Waals surface area contributed by atoms with Crippen molar-refractivity contribution in [2.75, 3.05) is 17.2 Å². The molecule has 5 rings (SSSR count). The molecule has 1 aliphatic heterocycles. The second-order valence-corrected chi connectivity index (χ2v) is 11.5.